The van der Waals surface area contributed by atoms with Gasteiger partial charge in [-0.25, -0.2) is 0 Å². The van der Waals surface area contributed by atoms with Crippen molar-refractivity contribution in [3.63, 3.8) is 0 Å². The first kappa shape index (κ1) is 10.5. The van der Waals surface area contributed by atoms with Crippen molar-refractivity contribution in [3.8, 4) is 0 Å². The summed E-state index contributed by atoms with van der Waals surface area (Å²) in [5.41, 5.74) is 19.8. The lowest BCUT2D eigenvalue weighted by molar-refractivity contribution is 0.306. The van der Waals surface area contributed by atoms with Crippen LogP contribution in [0.2, 0.25) is 0 Å². The molecular formula is C2H6N6O. The van der Waals surface area contributed by atoms with Crippen molar-refractivity contribution < 1.29 is 5.11 Å². The first-order valence-corrected chi connectivity index (χ1v) is 1.96. The predicted octanol–water partition coefficient (Wildman–Crippen LogP) is 1.16. The van der Waals surface area contributed by atoms with E-state index in [1.54, 1.807) is 4.91 Å². The fourth-order valence-corrected chi connectivity index (χ4v) is 0.0894. The van der Waals surface area contributed by atoms with Crippen LogP contribution < -0.4 is 0 Å². The molecule has 0 fully saturated rings. The third-order valence-corrected chi connectivity index (χ3v) is 0.263. The second kappa shape index (κ2) is 16.0. The minimum absolute atomic E-state index is 0.0654. The molecule has 0 bridgehead atoms. The molecule has 0 rings (SSSR count). The van der Waals surface area contributed by atoms with E-state index in [1.165, 1.54) is 0 Å². The normalized spacial score (nSPS) is 5.44. The number of aliphatic hydroxyl groups is 1. The largest absolute Gasteiger partial charge is 0.396 e. The molecule has 0 aromatic carbocycles. The molecule has 0 atom stereocenters. The average molecular weight is 130 g/mol. The molecule has 0 unspecified atom stereocenters. The van der Waals surface area contributed by atoms with E-state index in [0.29, 0.717) is 0 Å². The molecule has 9 heavy (non-hydrogen) atoms. The zero-order valence-electron chi connectivity index (χ0n) is 4.60. The van der Waals surface area contributed by atoms with Crippen LogP contribution in [-0.4, -0.2) is 18.3 Å². The predicted molar refractivity (Wildman–Crippen MR) is 30.5 cm³/mol. The molecular weight excluding hydrogens is 124 g/mol. The van der Waals surface area contributed by atoms with E-state index in [-0.39, 0.29) is 13.2 Å². The van der Waals surface area contributed by atoms with Gasteiger partial charge in [-0.2, -0.15) is 0 Å². The van der Waals surface area contributed by atoms with Gasteiger partial charge in [0.15, 0.2) is 0 Å². The van der Waals surface area contributed by atoms with Crippen molar-refractivity contribution in [2.75, 3.05) is 13.2 Å². The summed E-state index contributed by atoms with van der Waals surface area (Å²) in [7, 11) is 0. The van der Waals surface area contributed by atoms with Gasteiger partial charge in [-0.15, -0.1) is 5.53 Å². The number of nitrogens with one attached hydrogen (secondary N) is 1. The molecule has 0 aliphatic rings. The molecule has 0 saturated carbocycles. The summed E-state index contributed by atoms with van der Waals surface area (Å²) in [5, 5.41) is 11.0. The van der Waals surface area contributed by atoms with E-state index < -0.39 is 0 Å². The Morgan fingerprint density at radius 1 is 1.56 bits per heavy atom. The monoisotopic (exact) mass is 130 g/mol. The van der Waals surface area contributed by atoms with Gasteiger partial charge in [-0.05, 0) is 16.0 Å². The molecule has 0 heterocycles. The number of hydrogen-bond acceptors (Lipinski definition) is 3. The van der Waals surface area contributed by atoms with Crippen LogP contribution in [0.25, 0.3) is 20.9 Å². The van der Waals surface area contributed by atoms with Crippen molar-refractivity contribution in [3.05, 3.63) is 20.9 Å². The van der Waals surface area contributed by atoms with E-state index in [9.17, 15) is 0 Å². The Morgan fingerprint density at radius 2 is 2.00 bits per heavy atom. The van der Waals surface area contributed by atoms with Crippen LogP contribution in [0.4, 0.5) is 0 Å². The zero-order valence-corrected chi connectivity index (χ0v) is 4.60. The zero-order chi connectivity index (χ0) is 7.54. The van der Waals surface area contributed by atoms with Gasteiger partial charge >= 0.3 is 0 Å². The quantitative estimate of drug-likeness (QED) is 0.324. The second-order valence-electron chi connectivity index (χ2n) is 0.778. The molecule has 0 spiro atoms. The minimum Gasteiger partial charge on any atom is -0.396 e. The van der Waals surface area contributed by atoms with Crippen molar-refractivity contribution in [1.29, 1.82) is 5.53 Å². The molecule has 7 heteroatoms. The SMILES string of the molecule is [N-]=[N+]=N.[N-]=[N+]=NCCO. The molecule has 0 saturated heterocycles. The highest BCUT2D eigenvalue weighted by Crippen LogP contribution is 1.63. The van der Waals surface area contributed by atoms with Crippen LogP contribution in [-0.2, 0) is 0 Å². The fourth-order valence-electron chi connectivity index (χ4n) is 0.0894. The summed E-state index contributed by atoms with van der Waals surface area (Å²) >= 11 is 0. The summed E-state index contributed by atoms with van der Waals surface area (Å²) in [5.74, 6) is 0. The Kier molecular flexibility index (Phi) is 18.7. The van der Waals surface area contributed by atoms with Crippen LogP contribution in [0.5, 0.6) is 0 Å². The lowest BCUT2D eigenvalue weighted by atomic mass is 10.8. The van der Waals surface area contributed by atoms with E-state index in [2.05, 4.69) is 10.0 Å². The van der Waals surface area contributed by atoms with E-state index in [4.69, 9.17) is 21.7 Å². The van der Waals surface area contributed by atoms with Crippen LogP contribution >= 0.6 is 0 Å². The molecule has 0 aliphatic carbocycles. The molecule has 0 aromatic rings. The molecule has 0 radical (unpaired) electrons. The summed E-state index contributed by atoms with van der Waals surface area (Å²) in [6, 6.07) is 0. The Balaban J connectivity index is 0. The highest BCUT2D eigenvalue weighted by Gasteiger charge is 1.66. The topological polar surface area (TPSA) is 129 Å². The fraction of sp³-hybridized carbons (Fsp3) is 1.00. The maximum absolute atomic E-state index is 7.93. The van der Waals surface area contributed by atoms with Gasteiger partial charge in [0.2, 0.25) is 0 Å². The first-order chi connectivity index (χ1) is 4.33. The number of rotatable bonds is 2. The lowest BCUT2D eigenvalue weighted by Crippen LogP contribution is -1.82. The highest BCUT2D eigenvalue weighted by atomic mass is 16.3. The molecule has 0 aliphatic heterocycles. The van der Waals surface area contributed by atoms with Gasteiger partial charge in [-0.3, -0.25) is 0 Å². The summed E-state index contributed by atoms with van der Waals surface area (Å²) in [4.78, 5) is 4.14. The summed E-state index contributed by atoms with van der Waals surface area (Å²) in [6.45, 7) is 0.112. The van der Waals surface area contributed by atoms with E-state index in [0.717, 1.165) is 0 Å². The van der Waals surface area contributed by atoms with Gasteiger partial charge in [0, 0.05) is 18.1 Å². The Labute approximate surface area is 51.0 Å². The van der Waals surface area contributed by atoms with Crippen LogP contribution in [0.3, 0.4) is 0 Å². The van der Waals surface area contributed by atoms with Gasteiger partial charge in [0.1, 0.15) is 0 Å². The number of hydrogen-bond donors (Lipinski definition) is 2. The molecule has 7 nitrogen and oxygen atoms in total. The first-order valence-electron chi connectivity index (χ1n) is 1.96. The number of azide groups is 1. The third-order valence-electron chi connectivity index (χ3n) is 0.263. The maximum Gasteiger partial charge on any atom is 0.0490 e. The van der Waals surface area contributed by atoms with Gasteiger partial charge in [-0.1, -0.05) is 5.11 Å². The molecule has 2 N–H and O–H groups in total. The minimum atomic E-state index is -0.0654. The maximum atomic E-state index is 7.93. The van der Waals surface area contributed by atoms with Gasteiger partial charge < -0.3 is 5.11 Å². The Bertz CT molecular complexity index is 119. The number of nitrogens with zero attached hydrogens (tertiary/aromatic N) is 5. The van der Waals surface area contributed by atoms with E-state index >= 15 is 0 Å². The van der Waals surface area contributed by atoms with Crippen molar-refractivity contribution in [1.82, 2.24) is 0 Å². The third kappa shape index (κ3) is 55.3. The van der Waals surface area contributed by atoms with Crippen molar-refractivity contribution in [2.45, 2.75) is 0 Å². The highest BCUT2D eigenvalue weighted by molar-refractivity contribution is 4.40. The van der Waals surface area contributed by atoms with E-state index in [1.807, 2.05) is 0 Å². The molecule has 0 amide bonds. The van der Waals surface area contributed by atoms with Gasteiger partial charge in [0.05, 0.1) is 0 Å². The summed E-state index contributed by atoms with van der Waals surface area (Å²) < 4.78 is 0. The number of aliphatic hydroxyl groups excluding tert-OH is 1. The standard InChI is InChI=1S/C2H5N3O.HN3/c3-5-4-1-2-6;1-3-2/h6H,1-2H2;1H. The smallest absolute Gasteiger partial charge is 0.0490 e. The van der Waals surface area contributed by atoms with Crippen molar-refractivity contribution >= 4 is 0 Å². The summed E-state index contributed by atoms with van der Waals surface area (Å²) in [6.07, 6.45) is 0. The van der Waals surface area contributed by atoms with Crippen LogP contribution in [0, 0.1) is 5.53 Å². The Morgan fingerprint density at radius 3 is 2.11 bits per heavy atom. The van der Waals surface area contributed by atoms with Crippen LogP contribution in [0.15, 0.2) is 5.11 Å². The van der Waals surface area contributed by atoms with Crippen LogP contribution in [0.1, 0.15) is 0 Å². The molecule has 50 valence electrons. The Hall–Kier alpha value is -1.42. The van der Waals surface area contributed by atoms with Gasteiger partial charge in [0.25, 0.3) is 0 Å². The second-order valence-corrected chi connectivity index (χ2v) is 0.778. The van der Waals surface area contributed by atoms with Crippen molar-refractivity contribution in [2.24, 2.45) is 5.11 Å². The average Bonchev–Trinajstić information content (AvgIpc) is 1.86. The lowest BCUT2D eigenvalue weighted by Gasteiger charge is -1.72. The molecule has 0 aromatic heterocycles.